The van der Waals surface area contributed by atoms with Crippen LogP contribution >= 0.6 is 0 Å². The van der Waals surface area contributed by atoms with E-state index in [9.17, 15) is 0 Å². The highest BCUT2D eigenvalue weighted by Crippen LogP contribution is 2.19. The minimum atomic E-state index is 0.346. The Labute approximate surface area is 116 Å². The van der Waals surface area contributed by atoms with Gasteiger partial charge in [-0.25, -0.2) is 9.97 Å². The summed E-state index contributed by atoms with van der Waals surface area (Å²) in [7, 11) is 3.76. The zero-order valence-electron chi connectivity index (χ0n) is 12.7. The zero-order chi connectivity index (χ0) is 14.3. The van der Waals surface area contributed by atoms with Gasteiger partial charge in [0.15, 0.2) is 0 Å². The van der Waals surface area contributed by atoms with Crippen molar-refractivity contribution in [2.75, 3.05) is 38.8 Å². The van der Waals surface area contributed by atoms with Gasteiger partial charge in [0.2, 0.25) is 0 Å². The van der Waals surface area contributed by atoms with E-state index in [1.807, 2.05) is 13.2 Å². The third-order valence-corrected chi connectivity index (χ3v) is 2.97. The van der Waals surface area contributed by atoms with E-state index in [-0.39, 0.29) is 0 Å². The Kier molecular flexibility index (Phi) is 6.73. The monoisotopic (exact) mass is 266 g/mol. The number of anilines is 1. The molecule has 0 fully saturated rings. The number of hydrogen-bond acceptors (Lipinski definition) is 5. The van der Waals surface area contributed by atoms with Crippen molar-refractivity contribution in [1.82, 2.24) is 15.3 Å². The average molecular weight is 266 g/mol. The molecule has 1 heterocycles. The number of ether oxygens (including phenoxy) is 1. The van der Waals surface area contributed by atoms with Crippen LogP contribution in [-0.2, 0) is 11.3 Å². The molecule has 1 aromatic rings. The van der Waals surface area contributed by atoms with Crippen LogP contribution in [0.3, 0.4) is 0 Å². The Morgan fingerprint density at radius 1 is 1.42 bits per heavy atom. The fourth-order valence-corrected chi connectivity index (χ4v) is 1.75. The van der Waals surface area contributed by atoms with Gasteiger partial charge in [-0.2, -0.15) is 0 Å². The molecule has 0 saturated heterocycles. The maximum absolute atomic E-state index is 5.12. The van der Waals surface area contributed by atoms with Crippen molar-refractivity contribution in [2.45, 2.75) is 33.2 Å². The molecule has 5 heteroatoms. The summed E-state index contributed by atoms with van der Waals surface area (Å²) in [6, 6.07) is 0. The molecule has 0 atom stereocenters. The summed E-state index contributed by atoms with van der Waals surface area (Å²) in [5.74, 6) is 1.25. The highest BCUT2D eigenvalue weighted by Gasteiger charge is 2.12. The summed E-state index contributed by atoms with van der Waals surface area (Å²) in [4.78, 5) is 11.3. The van der Waals surface area contributed by atoms with Gasteiger partial charge < -0.3 is 15.0 Å². The van der Waals surface area contributed by atoms with E-state index in [0.717, 1.165) is 36.8 Å². The van der Waals surface area contributed by atoms with Gasteiger partial charge in [-0.05, 0) is 6.54 Å². The lowest BCUT2D eigenvalue weighted by atomic mass is 10.2. The number of aromatic nitrogens is 2. The number of rotatable bonds is 8. The van der Waals surface area contributed by atoms with Crippen LogP contribution in [0.4, 0.5) is 5.69 Å². The highest BCUT2D eigenvalue weighted by atomic mass is 16.5. The number of nitrogens with zero attached hydrogens (tertiary/aromatic N) is 3. The molecule has 1 N–H and O–H groups in total. The Morgan fingerprint density at radius 2 is 2.16 bits per heavy atom. The molecule has 108 valence electrons. The molecule has 0 aromatic carbocycles. The molecular formula is C14H26N4O. The summed E-state index contributed by atoms with van der Waals surface area (Å²) < 4.78 is 5.12. The predicted octanol–water partition coefficient (Wildman–Crippen LogP) is 1.79. The van der Waals surface area contributed by atoms with E-state index in [2.05, 4.69) is 41.0 Å². The first kappa shape index (κ1) is 15.9. The molecule has 0 unspecified atom stereocenters. The van der Waals surface area contributed by atoms with Crippen molar-refractivity contribution in [3.8, 4) is 0 Å². The lowest BCUT2D eigenvalue weighted by Gasteiger charge is -2.22. The summed E-state index contributed by atoms with van der Waals surface area (Å²) in [6.45, 7) is 9.55. The largest absolute Gasteiger partial charge is 0.383 e. The predicted molar refractivity (Wildman–Crippen MR) is 78.6 cm³/mol. The Bertz CT molecular complexity index is 382. The van der Waals surface area contributed by atoms with Crippen LogP contribution in [0.15, 0.2) is 6.20 Å². The maximum Gasteiger partial charge on any atom is 0.131 e. The SMILES string of the molecule is CCNCc1nc(C(C)C)ncc1N(C)CCOC. The second kappa shape index (κ2) is 8.07. The van der Waals surface area contributed by atoms with Crippen molar-refractivity contribution in [2.24, 2.45) is 0 Å². The van der Waals surface area contributed by atoms with Gasteiger partial charge in [0.05, 0.1) is 24.2 Å². The third kappa shape index (κ3) is 4.76. The van der Waals surface area contributed by atoms with Gasteiger partial charge in [-0.15, -0.1) is 0 Å². The van der Waals surface area contributed by atoms with E-state index in [0.29, 0.717) is 12.5 Å². The van der Waals surface area contributed by atoms with Gasteiger partial charge in [0.1, 0.15) is 5.82 Å². The van der Waals surface area contributed by atoms with Crippen molar-refractivity contribution < 1.29 is 4.74 Å². The Balaban J connectivity index is 2.93. The standard InChI is InChI=1S/C14H26N4O/c1-6-15-9-12-13(18(4)7-8-19-5)10-16-14(17-12)11(2)3/h10-11,15H,6-9H2,1-5H3. The molecule has 0 aliphatic heterocycles. The molecule has 0 spiro atoms. The van der Waals surface area contributed by atoms with Crippen molar-refractivity contribution in [3.05, 3.63) is 17.7 Å². The van der Waals surface area contributed by atoms with E-state index < -0.39 is 0 Å². The summed E-state index contributed by atoms with van der Waals surface area (Å²) in [6.07, 6.45) is 1.92. The zero-order valence-corrected chi connectivity index (χ0v) is 12.7. The van der Waals surface area contributed by atoms with Crippen LogP contribution in [0, 0.1) is 0 Å². The van der Waals surface area contributed by atoms with Gasteiger partial charge in [0.25, 0.3) is 0 Å². The van der Waals surface area contributed by atoms with Crippen LogP contribution < -0.4 is 10.2 Å². The normalized spacial score (nSPS) is 11.1. The highest BCUT2D eigenvalue weighted by molar-refractivity contribution is 5.48. The van der Waals surface area contributed by atoms with Gasteiger partial charge in [-0.1, -0.05) is 20.8 Å². The van der Waals surface area contributed by atoms with Crippen molar-refractivity contribution >= 4 is 5.69 Å². The Hall–Kier alpha value is -1.20. The van der Waals surface area contributed by atoms with E-state index >= 15 is 0 Å². The molecule has 0 aliphatic rings. The lowest BCUT2D eigenvalue weighted by molar-refractivity contribution is 0.206. The second-order valence-corrected chi connectivity index (χ2v) is 4.91. The molecular weight excluding hydrogens is 240 g/mol. The molecule has 5 nitrogen and oxygen atoms in total. The fraction of sp³-hybridized carbons (Fsp3) is 0.714. The molecule has 1 rings (SSSR count). The lowest BCUT2D eigenvalue weighted by Crippen LogP contribution is -2.26. The van der Waals surface area contributed by atoms with E-state index in [4.69, 9.17) is 4.74 Å². The number of methoxy groups -OCH3 is 1. The molecule has 0 bridgehead atoms. The Morgan fingerprint density at radius 3 is 2.74 bits per heavy atom. The molecule has 0 amide bonds. The topological polar surface area (TPSA) is 50.3 Å². The molecule has 0 radical (unpaired) electrons. The van der Waals surface area contributed by atoms with Crippen LogP contribution in [0.2, 0.25) is 0 Å². The smallest absolute Gasteiger partial charge is 0.131 e. The molecule has 1 aromatic heterocycles. The molecule has 0 saturated carbocycles. The van der Waals surface area contributed by atoms with Gasteiger partial charge in [0, 0.05) is 33.2 Å². The van der Waals surface area contributed by atoms with Crippen LogP contribution in [0.5, 0.6) is 0 Å². The minimum Gasteiger partial charge on any atom is -0.383 e. The van der Waals surface area contributed by atoms with Crippen molar-refractivity contribution in [3.63, 3.8) is 0 Å². The van der Waals surface area contributed by atoms with Gasteiger partial charge in [-0.3, -0.25) is 0 Å². The van der Waals surface area contributed by atoms with Crippen LogP contribution in [0.1, 0.15) is 38.2 Å². The second-order valence-electron chi connectivity index (χ2n) is 4.91. The maximum atomic E-state index is 5.12. The third-order valence-electron chi connectivity index (χ3n) is 2.97. The fourth-order valence-electron chi connectivity index (χ4n) is 1.75. The minimum absolute atomic E-state index is 0.346. The first-order valence-corrected chi connectivity index (χ1v) is 6.86. The summed E-state index contributed by atoms with van der Waals surface area (Å²) in [5.41, 5.74) is 2.13. The first-order valence-electron chi connectivity index (χ1n) is 6.86. The number of hydrogen-bond donors (Lipinski definition) is 1. The summed E-state index contributed by atoms with van der Waals surface area (Å²) >= 11 is 0. The first-order chi connectivity index (χ1) is 9.10. The summed E-state index contributed by atoms with van der Waals surface area (Å²) in [5, 5.41) is 3.33. The number of nitrogens with one attached hydrogen (secondary N) is 1. The molecule has 0 aliphatic carbocycles. The van der Waals surface area contributed by atoms with E-state index in [1.54, 1.807) is 7.11 Å². The number of likely N-dealkylation sites (N-methyl/N-ethyl adjacent to an activating group) is 1. The average Bonchev–Trinajstić information content (AvgIpc) is 2.42. The van der Waals surface area contributed by atoms with Gasteiger partial charge >= 0.3 is 0 Å². The van der Waals surface area contributed by atoms with Crippen LogP contribution in [-0.4, -0.2) is 43.8 Å². The molecule has 19 heavy (non-hydrogen) atoms. The van der Waals surface area contributed by atoms with E-state index in [1.165, 1.54) is 0 Å². The van der Waals surface area contributed by atoms with Crippen LogP contribution in [0.25, 0.3) is 0 Å². The van der Waals surface area contributed by atoms with Crippen molar-refractivity contribution in [1.29, 1.82) is 0 Å². The quantitative estimate of drug-likeness (QED) is 0.777.